The topological polar surface area (TPSA) is 47.8 Å². The lowest BCUT2D eigenvalue weighted by Crippen LogP contribution is -2.09. The third kappa shape index (κ3) is 2.15. The minimum absolute atomic E-state index is 0.484. The van der Waals surface area contributed by atoms with Crippen LogP contribution in [0.25, 0.3) is 0 Å². The first kappa shape index (κ1) is 11.3. The summed E-state index contributed by atoms with van der Waals surface area (Å²) in [5.41, 5.74) is 1.62. The van der Waals surface area contributed by atoms with Gasteiger partial charge in [-0.25, -0.2) is 4.68 Å². The molecule has 4 heteroatoms. The number of carbonyl (C=O) groups excluding carboxylic acids is 1. The Kier molecular flexibility index (Phi) is 3.70. The van der Waals surface area contributed by atoms with Crippen molar-refractivity contribution < 1.29 is 4.79 Å². The fourth-order valence-corrected chi connectivity index (χ4v) is 2.62. The van der Waals surface area contributed by atoms with Gasteiger partial charge in [-0.3, -0.25) is 4.79 Å². The van der Waals surface area contributed by atoms with E-state index in [9.17, 15) is 4.79 Å². The molecular formula is C12H19N3O. The predicted octanol–water partition coefficient (Wildman–Crippen LogP) is 2.55. The van der Waals surface area contributed by atoms with Gasteiger partial charge in [-0.15, -0.1) is 5.10 Å². The summed E-state index contributed by atoms with van der Waals surface area (Å²) in [6.07, 6.45) is 8.36. The van der Waals surface area contributed by atoms with Crippen molar-refractivity contribution >= 4 is 6.29 Å². The number of aldehydes is 1. The Morgan fingerprint density at radius 3 is 2.56 bits per heavy atom. The lowest BCUT2D eigenvalue weighted by molar-refractivity contribution is 0.111. The molecule has 0 amide bonds. The number of aromatic nitrogens is 3. The fourth-order valence-electron chi connectivity index (χ4n) is 2.62. The van der Waals surface area contributed by atoms with Crippen LogP contribution in [-0.4, -0.2) is 21.3 Å². The molecule has 0 spiro atoms. The standard InChI is InChI=1S/C12H19N3O/c1-2-15-12(11(9-16)13-14-15)10-7-5-3-4-6-8-10/h9-10H,2-8H2,1H3. The van der Waals surface area contributed by atoms with Gasteiger partial charge in [0.05, 0.1) is 5.69 Å². The zero-order valence-corrected chi connectivity index (χ0v) is 9.85. The molecule has 4 nitrogen and oxygen atoms in total. The molecule has 0 aromatic carbocycles. The van der Waals surface area contributed by atoms with Gasteiger partial charge < -0.3 is 0 Å². The molecule has 2 rings (SSSR count). The van der Waals surface area contributed by atoms with Gasteiger partial charge in [-0.2, -0.15) is 0 Å². The van der Waals surface area contributed by atoms with Crippen LogP contribution in [-0.2, 0) is 6.54 Å². The monoisotopic (exact) mass is 221 g/mol. The van der Waals surface area contributed by atoms with Crippen LogP contribution in [0.3, 0.4) is 0 Å². The van der Waals surface area contributed by atoms with Gasteiger partial charge in [0.1, 0.15) is 5.69 Å². The largest absolute Gasteiger partial charge is 0.296 e. The molecule has 88 valence electrons. The molecule has 16 heavy (non-hydrogen) atoms. The minimum atomic E-state index is 0.484. The molecule has 1 heterocycles. The summed E-state index contributed by atoms with van der Waals surface area (Å²) in [5.74, 6) is 0.484. The second-order valence-corrected chi connectivity index (χ2v) is 4.48. The van der Waals surface area contributed by atoms with Crippen molar-refractivity contribution in [2.24, 2.45) is 0 Å². The Labute approximate surface area is 96.0 Å². The zero-order chi connectivity index (χ0) is 11.4. The van der Waals surface area contributed by atoms with E-state index in [0.717, 1.165) is 18.5 Å². The smallest absolute Gasteiger partial charge is 0.172 e. The quantitative estimate of drug-likeness (QED) is 0.582. The van der Waals surface area contributed by atoms with Crippen LogP contribution in [0.2, 0.25) is 0 Å². The molecule has 0 radical (unpaired) electrons. The number of nitrogens with zero attached hydrogens (tertiary/aromatic N) is 3. The third-order valence-corrected chi connectivity index (χ3v) is 3.45. The average molecular weight is 221 g/mol. The van der Waals surface area contributed by atoms with E-state index in [2.05, 4.69) is 10.3 Å². The molecular weight excluding hydrogens is 202 g/mol. The first-order valence-corrected chi connectivity index (χ1v) is 6.25. The van der Waals surface area contributed by atoms with Crippen molar-refractivity contribution in [2.45, 2.75) is 57.9 Å². The summed E-state index contributed by atoms with van der Waals surface area (Å²) >= 11 is 0. The average Bonchev–Trinajstić information content (AvgIpc) is 2.54. The van der Waals surface area contributed by atoms with E-state index >= 15 is 0 Å². The van der Waals surface area contributed by atoms with E-state index < -0.39 is 0 Å². The van der Waals surface area contributed by atoms with Crippen LogP contribution in [0, 0.1) is 0 Å². The molecule has 0 N–H and O–H groups in total. The van der Waals surface area contributed by atoms with E-state index in [0.29, 0.717) is 11.6 Å². The van der Waals surface area contributed by atoms with Gasteiger partial charge in [0, 0.05) is 12.5 Å². The first-order chi connectivity index (χ1) is 7.86. The highest BCUT2D eigenvalue weighted by Crippen LogP contribution is 2.32. The Morgan fingerprint density at radius 2 is 2.00 bits per heavy atom. The van der Waals surface area contributed by atoms with Crippen LogP contribution in [0.1, 0.15) is 67.5 Å². The zero-order valence-electron chi connectivity index (χ0n) is 9.85. The number of aryl methyl sites for hydroxylation is 1. The molecule has 1 fully saturated rings. The highest BCUT2D eigenvalue weighted by Gasteiger charge is 2.22. The molecule has 1 aromatic heterocycles. The van der Waals surface area contributed by atoms with Crippen LogP contribution < -0.4 is 0 Å². The Morgan fingerprint density at radius 1 is 1.31 bits per heavy atom. The van der Waals surface area contributed by atoms with Crippen LogP contribution in [0.15, 0.2) is 0 Å². The lowest BCUT2D eigenvalue weighted by atomic mass is 9.95. The molecule has 0 bridgehead atoms. The fraction of sp³-hybridized carbons (Fsp3) is 0.750. The highest BCUT2D eigenvalue weighted by molar-refractivity contribution is 5.73. The highest BCUT2D eigenvalue weighted by atomic mass is 16.1. The Balaban J connectivity index is 2.28. The summed E-state index contributed by atoms with van der Waals surface area (Å²) < 4.78 is 1.89. The predicted molar refractivity (Wildman–Crippen MR) is 61.5 cm³/mol. The van der Waals surface area contributed by atoms with Crippen molar-refractivity contribution in [3.05, 3.63) is 11.4 Å². The van der Waals surface area contributed by atoms with E-state index in [1.165, 1.54) is 38.5 Å². The SMILES string of the molecule is CCn1nnc(C=O)c1C1CCCCCC1. The van der Waals surface area contributed by atoms with Gasteiger partial charge >= 0.3 is 0 Å². The van der Waals surface area contributed by atoms with E-state index in [1.807, 2.05) is 11.6 Å². The molecule has 1 aromatic rings. The summed E-state index contributed by atoms with van der Waals surface area (Å²) in [6, 6.07) is 0. The first-order valence-electron chi connectivity index (χ1n) is 6.25. The third-order valence-electron chi connectivity index (χ3n) is 3.45. The van der Waals surface area contributed by atoms with Gasteiger partial charge in [0.15, 0.2) is 6.29 Å². The van der Waals surface area contributed by atoms with Crippen molar-refractivity contribution in [3.8, 4) is 0 Å². The molecule has 0 atom stereocenters. The van der Waals surface area contributed by atoms with E-state index in [4.69, 9.17) is 0 Å². The molecule has 1 aliphatic carbocycles. The molecule has 0 unspecified atom stereocenters. The number of hydrogen-bond donors (Lipinski definition) is 0. The summed E-state index contributed by atoms with van der Waals surface area (Å²) in [7, 11) is 0. The van der Waals surface area contributed by atoms with Gasteiger partial charge in [-0.1, -0.05) is 30.9 Å². The van der Waals surface area contributed by atoms with Crippen molar-refractivity contribution in [3.63, 3.8) is 0 Å². The van der Waals surface area contributed by atoms with E-state index in [1.54, 1.807) is 0 Å². The van der Waals surface area contributed by atoms with Gasteiger partial charge in [0.25, 0.3) is 0 Å². The van der Waals surface area contributed by atoms with Crippen molar-refractivity contribution in [2.75, 3.05) is 0 Å². The van der Waals surface area contributed by atoms with Crippen molar-refractivity contribution in [1.29, 1.82) is 0 Å². The maximum absolute atomic E-state index is 11.0. The van der Waals surface area contributed by atoms with Crippen LogP contribution in [0.4, 0.5) is 0 Å². The molecule has 0 aliphatic heterocycles. The minimum Gasteiger partial charge on any atom is -0.296 e. The number of rotatable bonds is 3. The molecule has 0 saturated heterocycles. The van der Waals surface area contributed by atoms with Gasteiger partial charge in [0.2, 0.25) is 0 Å². The molecule has 1 saturated carbocycles. The Bertz CT molecular complexity index is 351. The number of hydrogen-bond acceptors (Lipinski definition) is 3. The summed E-state index contributed by atoms with van der Waals surface area (Å²) in [5, 5.41) is 8.00. The summed E-state index contributed by atoms with van der Waals surface area (Å²) in [4.78, 5) is 11.0. The van der Waals surface area contributed by atoms with Gasteiger partial charge in [-0.05, 0) is 19.8 Å². The number of carbonyl (C=O) groups is 1. The maximum atomic E-state index is 11.0. The maximum Gasteiger partial charge on any atom is 0.172 e. The second kappa shape index (κ2) is 5.23. The normalized spacial score (nSPS) is 18.3. The van der Waals surface area contributed by atoms with E-state index in [-0.39, 0.29) is 0 Å². The van der Waals surface area contributed by atoms with Crippen LogP contribution in [0.5, 0.6) is 0 Å². The summed E-state index contributed by atoms with van der Waals surface area (Å²) in [6.45, 7) is 2.84. The Hall–Kier alpha value is -1.19. The van der Waals surface area contributed by atoms with Crippen molar-refractivity contribution in [1.82, 2.24) is 15.0 Å². The second-order valence-electron chi connectivity index (χ2n) is 4.48. The molecule has 1 aliphatic rings. The lowest BCUT2D eigenvalue weighted by Gasteiger charge is -2.15. The van der Waals surface area contributed by atoms with Crippen LogP contribution >= 0.6 is 0 Å².